The second kappa shape index (κ2) is 6.52. The van der Waals surface area contributed by atoms with Gasteiger partial charge in [0.2, 0.25) is 0 Å². The molecule has 8 rings (SSSR count). The van der Waals surface area contributed by atoms with Gasteiger partial charge < -0.3 is 9.47 Å². The van der Waals surface area contributed by atoms with Crippen molar-refractivity contribution >= 4 is 45.7 Å². The van der Waals surface area contributed by atoms with Crippen molar-refractivity contribution in [2.24, 2.45) is 0 Å². The summed E-state index contributed by atoms with van der Waals surface area (Å²) in [5, 5.41) is 2.47. The van der Waals surface area contributed by atoms with E-state index in [0.717, 1.165) is 50.7 Å². The van der Waals surface area contributed by atoms with Crippen LogP contribution in [0.5, 0.6) is 5.75 Å². The minimum Gasteiger partial charge on any atom is -0.536 e. The summed E-state index contributed by atoms with van der Waals surface area (Å²) in [6.45, 7) is 0. The molecule has 0 fully saturated rings. The molecule has 0 N–H and O–H groups in total. The van der Waals surface area contributed by atoms with Gasteiger partial charge in [-0.05, 0) is 41.9 Å². The van der Waals surface area contributed by atoms with Gasteiger partial charge in [0.1, 0.15) is 11.6 Å². The van der Waals surface area contributed by atoms with E-state index in [1.54, 1.807) is 0 Å². The van der Waals surface area contributed by atoms with Crippen LogP contribution in [-0.4, -0.2) is 16.6 Å². The van der Waals surface area contributed by atoms with Crippen molar-refractivity contribution in [3.63, 3.8) is 0 Å². The minimum absolute atomic E-state index is 0.179. The summed E-state index contributed by atoms with van der Waals surface area (Å²) in [6.07, 6.45) is 0. The molecule has 4 heterocycles. The topological polar surface area (TPSA) is 30.3 Å². The SMILES string of the molecule is c1ccc2c(c1)OB1c3ccccc3-c3nc(-n4c5ccccc5c5ccccc54)ccc3N12. The summed E-state index contributed by atoms with van der Waals surface area (Å²) >= 11 is 0. The van der Waals surface area contributed by atoms with Gasteiger partial charge in [0.05, 0.1) is 28.1 Å². The summed E-state index contributed by atoms with van der Waals surface area (Å²) < 4.78 is 8.68. The van der Waals surface area contributed by atoms with E-state index in [9.17, 15) is 0 Å². The van der Waals surface area contributed by atoms with E-state index >= 15 is 0 Å². The van der Waals surface area contributed by atoms with Crippen molar-refractivity contribution < 1.29 is 4.65 Å². The fraction of sp³-hybridized carbons (Fsp3) is 0. The second-order valence-electron chi connectivity index (χ2n) is 8.80. The molecule has 0 aliphatic carbocycles. The molecular formula is C29H18BN3O. The van der Waals surface area contributed by atoms with Crippen LogP contribution < -0.4 is 14.9 Å². The first kappa shape index (κ1) is 18.0. The molecule has 5 heteroatoms. The van der Waals surface area contributed by atoms with Gasteiger partial charge >= 0.3 is 7.05 Å². The van der Waals surface area contributed by atoms with Crippen molar-refractivity contribution in [2.75, 3.05) is 4.81 Å². The monoisotopic (exact) mass is 435 g/mol. The lowest BCUT2D eigenvalue weighted by Crippen LogP contribution is -2.50. The van der Waals surface area contributed by atoms with Crippen LogP contribution in [0.3, 0.4) is 0 Å². The highest BCUT2D eigenvalue weighted by Gasteiger charge is 2.45. The highest BCUT2D eigenvalue weighted by Crippen LogP contribution is 2.46. The van der Waals surface area contributed by atoms with Gasteiger partial charge in [-0.25, -0.2) is 4.98 Å². The van der Waals surface area contributed by atoms with Crippen molar-refractivity contribution in [3.05, 3.63) is 109 Å². The molecule has 0 saturated carbocycles. The van der Waals surface area contributed by atoms with E-state index in [0.29, 0.717) is 0 Å². The maximum atomic E-state index is 6.40. The molecule has 2 aromatic heterocycles. The third-order valence-electron chi connectivity index (χ3n) is 7.01. The molecule has 0 radical (unpaired) electrons. The largest absolute Gasteiger partial charge is 0.536 e. The summed E-state index contributed by atoms with van der Waals surface area (Å²) in [4.78, 5) is 7.57. The Labute approximate surface area is 196 Å². The van der Waals surface area contributed by atoms with E-state index in [1.807, 2.05) is 12.1 Å². The maximum Gasteiger partial charge on any atom is 0.525 e. The molecule has 0 bridgehead atoms. The molecule has 4 aromatic carbocycles. The number of benzene rings is 4. The van der Waals surface area contributed by atoms with E-state index < -0.39 is 0 Å². The number of hydrogen-bond acceptors (Lipinski definition) is 3. The van der Waals surface area contributed by atoms with Crippen LogP contribution in [0.4, 0.5) is 11.4 Å². The molecule has 2 aliphatic heterocycles. The molecule has 0 unspecified atom stereocenters. The molecule has 158 valence electrons. The van der Waals surface area contributed by atoms with Gasteiger partial charge in [0.25, 0.3) is 0 Å². The first-order valence-corrected chi connectivity index (χ1v) is 11.5. The van der Waals surface area contributed by atoms with Gasteiger partial charge in [-0.2, -0.15) is 0 Å². The highest BCUT2D eigenvalue weighted by molar-refractivity contribution is 6.77. The first-order valence-electron chi connectivity index (χ1n) is 11.5. The van der Waals surface area contributed by atoms with Crippen molar-refractivity contribution in [2.45, 2.75) is 0 Å². The Morgan fingerprint density at radius 2 is 1.29 bits per heavy atom. The predicted molar refractivity (Wildman–Crippen MR) is 139 cm³/mol. The lowest BCUT2D eigenvalue weighted by Gasteiger charge is -2.30. The summed E-state index contributed by atoms with van der Waals surface area (Å²) in [5.41, 5.74) is 7.70. The summed E-state index contributed by atoms with van der Waals surface area (Å²) in [5.74, 6) is 1.82. The van der Waals surface area contributed by atoms with E-state index in [4.69, 9.17) is 9.64 Å². The molecule has 0 atom stereocenters. The first-order chi connectivity index (χ1) is 16.9. The van der Waals surface area contributed by atoms with Gasteiger partial charge in [-0.15, -0.1) is 0 Å². The number of anilines is 2. The normalized spacial score (nSPS) is 13.4. The number of nitrogens with zero attached hydrogens (tertiary/aromatic N) is 3. The second-order valence-corrected chi connectivity index (χ2v) is 8.80. The van der Waals surface area contributed by atoms with Crippen LogP contribution in [0.25, 0.3) is 38.9 Å². The van der Waals surface area contributed by atoms with Crippen molar-refractivity contribution in [3.8, 4) is 22.8 Å². The third-order valence-corrected chi connectivity index (χ3v) is 7.01. The van der Waals surface area contributed by atoms with Crippen LogP contribution in [0.2, 0.25) is 0 Å². The van der Waals surface area contributed by atoms with Gasteiger partial charge in [0, 0.05) is 16.3 Å². The Bertz CT molecular complexity index is 1720. The Morgan fingerprint density at radius 1 is 0.618 bits per heavy atom. The van der Waals surface area contributed by atoms with Crippen LogP contribution in [0.1, 0.15) is 0 Å². The molecule has 0 saturated heterocycles. The molecule has 4 nitrogen and oxygen atoms in total. The number of aromatic nitrogens is 2. The zero-order valence-electron chi connectivity index (χ0n) is 18.2. The van der Waals surface area contributed by atoms with Crippen LogP contribution in [-0.2, 0) is 0 Å². The molecular weight excluding hydrogens is 417 g/mol. The zero-order chi connectivity index (χ0) is 22.2. The van der Waals surface area contributed by atoms with Crippen molar-refractivity contribution in [1.82, 2.24) is 9.55 Å². The van der Waals surface area contributed by atoms with E-state index in [-0.39, 0.29) is 7.05 Å². The van der Waals surface area contributed by atoms with Gasteiger partial charge in [0.15, 0.2) is 0 Å². The zero-order valence-corrected chi connectivity index (χ0v) is 18.2. The minimum atomic E-state index is -0.179. The Morgan fingerprint density at radius 3 is 2.12 bits per heavy atom. The lowest BCUT2D eigenvalue weighted by molar-refractivity contribution is 0.603. The highest BCUT2D eigenvalue weighted by atomic mass is 16.5. The maximum absolute atomic E-state index is 6.40. The Hall–Kier alpha value is -4.51. The molecule has 6 aromatic rings. The quantitative estimate of drug-likeness (QED) is 0.293. The average molecular weight is 435 g/mol. The van der Waals surface area contributed by atoms with Crippen LogP contribution >= 0.6 is 0 Å². The third kappa shape index (κ3) is 2.26. The number of para-hydroxylation sites is 4. The fourth-order valence-corrected chi connectivity index (χ4v) is 5.57. The molecule has 0 amide bonds. The van der Waals surface area contributed by atoms with Gasteiger partial charge in [-0.3, -0.25) is 4.57 Å². The average Bonchev–Trinajstić information content (AvgIpc) is 3.45. The number of hydrogen-bond donors (Lipinski definition) is 0. The standard InChI is InChI=1S/C29H18BN3O/c1-4-12-22-21(11-1)29-26(33-25-15-7-8-16-27(25)34-30(22)33)17-18-28(31-29)32-23-13-5-2-9-19(23)20-10-3-6-14-24(20)32/h1-18H. The summed E-state index contributed by atoms with van der Waals surface area (Å²) in [7, 11) is -0.179. The van der Waals surface area contributed by atoms with Crippen LogP contribution in [0, 0.1) is 0 Å². The van der Waals surface area contributed by atoms with E-state index in [1.165, 1.54) is 10.8 Å². The molecule has 0 spiro atoms. The lowest BCUT2D eigenvalue weighted by atomic mass is 9.65. The van der Waals surface area contributed by atoms with Crippen LogP contribution in [0.15, 0.2) is 109 Å². The van der Waals surface area contributed by atoms with Crippen molar-refractivity contribution in [1.29, 1.82) is 0 Å². The molecule has 34 heavy (non-hydrogen) atoms. The summed E-state index contributed by atoms with van der Waals surface area (Å²) in [6, 6.07) is 38.1. The molecule has 2 aliphatic rings. The number of fused-ring (bicyclic) bond motifs is 11. The fourth-order valence-electron chi connectivity index (χ4n) is 5.57. The van der Waals surface area contributed by atoms with E-state index in [2.05, 4.69) is 106 Å². The number of rotatable bonds is 1. The van der Waals surface area contributed by atoms with Gasteiger partial charge in [-0.1, -0.05) is 72.8 Å². The Balaban J connectivity index is 1.43. The number of pyridine rings is 1. The Kier molecular flexibility index (Phi) is 3.45. The smallest absolute Gasteiger partial charge is 0.525 e. The predicted octanol–water partition coefficient (Wildman–Crippen LogP) is 6.09.